The Bertz CT molecular complexity index is 1140. The first-order valence-corrected chi connectivity index (χ1v) is 11.1. The number of aryl methyl sites for hydroxylation is 1. The predicted molar refractivity (Wildman–Crippen MR) is 122 cm³/mol. The van der Waals surface area contributed by atoms with Crippen LogP contribution < -0.4 is 0 Å². The van der Waals surface area contributed by atoms with Crippen LogP contribution in [0.1, 0.15) is 37.7 Å². The number of para-hydroxylation sites is 1. The van der Waals surface area contributed by atoms with Crippen molar-refractivity contribution in [3.05, 3.63) is 52.9 Å². The van der Waals surface area contributed by atoms with Gasteiger partial charge in [-0.3, -0.25) is 9.69 Å². The first kappa shape index (κ1) is 18.0. The van der Waals surface area contributed by atoms with Gasteiger partial charge in [-0.2, -0.15) is 0 Å². The lowest BCUT2D eigenvalue weighted by molar-refractivity contribution is -0.124. The van der Waals surface area contributed by atoms with Gasteiger partial charge in [-0.1, -0.05) is 73.6 Å². The molecule has 1 saturated heterocycles. The van der Waals surface area contributed by atoms with Crippen molar-refractivity contribution < 1.29 is 4.79 Å². The minimum atomic E-state index is 0.0824. The molecule has 5 heteroatoms. The molecule has 3 nitrogen and oxygen atoms in total. The second-order valence-corrected chi connectivity index (χ2v) is 9.37. The summed E-state index contributed by atoms with van der Waals surface area (Å²) in [6, 6.07) is 15.2. The number of nitrogens with zero attached hydrogens (tertiary/aromatic N) is 2. The Hall–Kier alpha value is -2.11. The molecule has 0 bridgehead atoms. The number of amides is 1. The summed E-state index contributed by atoms with van der Waals surface area (Å²) in [6.07, 6.45) is 7.80. The lowest BCUT2D eigenvalue weighted by atomic mass is 9.94. The molecule has 2 aromatic carbocycles. The summed E-state index contributed by atoms with van der Waals surface area (Å²) in [4.78, 5) is 15.7. The molecule has 1 aromatic heterocycles. The van der Waals surface area contributed by atoms with Gasteiger partial charge in [-0.25, -0.2) is 0 Å². The topological polar surface area (TPSA) is 25.2 Å². The summed E-state index contributed by atoms with van der Waals surface area (Å²) < 4.78 is 2.93. The van der Waals surface area contributed by atoms with Crippen LogP contribution in [0.15, 0.2) is 47.4 Å². The van der Waals surface area contributed by atoms with Gasteiger partial charge in [0.25, 0.3) is 5.91 Å². The van der Waals surface area contributed by atoms with Crippen molar-refractivity contribution in [2.45, 2.75) is 38.1 Å². The maximum Gasteiger partial charge on any atom is 0.266 e. The third-order valence-corrected chi connectivity index (χ3v) is 7.33. The van der Waals surface area contributed by atoms with Crippen molar-refractivity contribution >= 4 is 62.1 Å². The van der Waals surface area contributed by atoms with E-state index in [1.54, 1.807) is 0 Å². The fourth-order valence-electron chi connectivity index (χ4n) is 4.55. The summed E-state index contributed by atoms with van der Waals surface area (Å²) >= 11 is 7.00. The van der Waals surface area contributed by atoms with Crippen LogP contribution in [0.25, 0.3) is 27.9 Å². The minimum absolute atomic E-state index is 0.0824. The Morgan fingerprint density at radius 1 is 1.04 bits per heavy atom. The molecule has 3 aromatic rings. The number of hydrogen-bond acceptors (Lipinski definition) is 3. The molecule has 0 unspecified atom stereocenters. The number of thiocarbonyl (C=S) groups is 1. The van der Waals surface area contributed by atoms with Gasteiger partial charge in [0.2, 0.25) is 0 Å². The Morgan fingerprint density at radius 2 is 1.79 bits per heavy atom. The van der Waals surface area contributed by atoms with E-state index in [2.05, 4.69) is 54.1 Å². The Balaban J connectivity index is 1.51. The summed E-state index contributed by atoms with van der Waals surface area (Å²) in [7, 11) is 2.09. The summed E-state index contributed by atoms with van der Waals surface area (Å²) in [5.74, 6) is 0.0824. The third kappa shape index (κ3) is 2.88. The molecule has 2 heterocycles. The molecule has 0 radical (unpaired) electrons. The van der Waals surface area contributed by atoms with E-state index in [1.807, 2.05) is 11.0 Å². The molecule has 0 atom stereocenters. The summed E-state index contributed by atoms with van der Waals surface area (Å²) in [5, 5.41) is 2.50. The highest BCUT2D eigenvalue weighted by Crippen LogP contribution is 2.38. The lowest BCUT2D eigenvalue weighted by Crippen LogP contribution is -2.39. The lowest BCUT2D eigenvalue weighted by Gasteiger charge is -2.29. The Labute approximate surface area is 174 Å². The first-order valence-electron chi connectivity index (χ1n) is 9.88. The van der Waals surface area contributed by atoms with Crippen molar-refractivity contribution in [1.29, 1.82) is 0 Å². The number of benzene rings is 2. The number of thioether (sulfide) groups is 1. The standard InChI is InChI=1S/C23H22N2OS2/c1-24-19-10-6-5-9-17(19)18-12-11-15(13-20(18)24)14-21-22(26)25(23(27)28-21)16-7-3-2-4-8-16/h5-6,9-14,16H,2-4,7-8H2,1H3. The second-order valence-electron chi connectivity index (χ2n) is 7.70. The third-order valence-electron chi connectivity index (χ3n) is 6.00. The molecule has 1 aliphatic heterocycles. The maximum absolute atomic E-state index is 13.0. The predicted octanol–water partition coefficient (Wildman–Crippen LogP) is 5.87. The van der Waals surface area contributed by atoms with Gasteiger partial charge in [-0.05, 0) is 36.6 Å². The smallest absolute Gasteiger partial charge is 0.266 e. The Kier molecular flexibility index (Phi) is 4.52. The molecule has 0 spiro atoms. The van der Waals surface area contributed by atoms with Crippen LogP contribution in [0, 0.1) is 0 Å². The van der Waals surface area contributed by atoms with Gasteiger partial charge in [0.05, 0.1) is 4.91 Å². The van der Waals surface area contributed by atoms with Crippen LogP contribution >= 0.6 is 24.0 Å². The highest BCUT2D eigenvalue weighted by Gasteiger charge is 2.37. The molecular weight excluding hydrogens is 384 g/mol. The van der Waals surface area contributed by atoms with E-state index in [9.17, 15) is 4.79 Å². The van der Waals surface area contributed by atoms with E-state index in [1.165, 1.54) is 52.8 Å². The van der Waals surface area contributed by atoms with E-state index < -0.39 is 0 Å². The molecule has 5 rings (SSSR count). The van der Waals surface area contributed by atoms with Crippen molar-refractivity contribution in [3.63, 3.8) is 0 Å². The van der Waals surface area contributed by atoms with Crippen molar-refractivity contribution in [2.24, 2.45) is 7.05 Å². The van der Waals surface area contributed by atoms with Gasteiger partial charge in [-0.15, -0.1) is 0 Å². The molecule has 2 aliphatic rings. The van der Waals surface area contributed by atoms with Gasteiger partial charge in [0, 0.05) is 34.9 Å². The molecule has 28 heavy (non-hydrogen) atoms. The normalized spacial score (nSPS) is 20.2. The fourth-order valence-corrected chi connectivity index (χ4v) is 5.95. The number of fused-ring (bicyclic) bond motifs is 3. The Morgan fingerprint density at radius 3 is 2.61 bits per heavy atom. The zero-order chi connectivity index (χ0) is 19.3. The van der Waals surface area contributed by atoms with E-state index in [0.717, 1.165) is 23.3 Å². The van der Waals surface area contributed by atoms with Crippen LogP contribution in [-0.2, 0) is 11.8 Å². The van der Waals surface area contributed by atoms with Crippen LogP contribution in [0.2, 0.25) is 0 Å². The van der Waals surface area contributed by atoms with Gasteiger partial charge < -0.3 is 4.57 Å². The highest BCUT2D eigenvalue weighted by atomic mass is 32.2. The van der Waals surface area contributed by atoms with E-state index >= 15 is 0 Å². The molecule has 2 fully saturated rings. The van der Waals surface area contributed by atoms with Crippen molar-refractivity contribution in [3.8, 4) is 0 Å². The molecule has 142 valence electrons. The number of hydrogen-bond donors (Lipinski definition) is 0. The maximum atomic E-state index is 13.0. The average molecular weight is 407 g/mol. The molecular formula is C23H22N2OS2. The van der Waals surface area contributed by atoms with Crippen molar-refractivity contribution in [2.75, 3.05) is 0 Å². The SMILES string of the molecule is Cn1c2ccccc2c2ccc(C=C3SC(=S)N(C4CCCCC4)C3=O)cc21. The van der Waals surface area contributed by atoms with Crippen LogP contribution in [0.4, 0.5) is 0 Å². The molecule has 1 aliphatic carbocycles. The van der Waals surface area contributed by atoms with E-state index in [0.29, 0.717) is 4.32 Å². The zero-order valence-corrected chi connectivity index (χ0v) is 17.5. The van der Waals surface area contributed by atoms with Gasteiger partial charge in [0.15, 0.2) is 0 Å². The van der Waals surface area contributed by atoms with Crippen LogP contribution in [0.3, 0.4) is 0 Å². The summed E-state index contributed by atoms with van der Waals surface area (Å²) in [5.41, 5.74) is 3.44. The van der Waals surface area contributed by atoms with E-state index in [4.69, 9.17) is 12.2 Å². The molecule has 0 N–H and O–H groups in total. The van der Waals surface area contributed by atoms with Crippen LogP contribution in [0.5, 0.6) is 0 Å². The second kappa shape index (κ2) is 7.05. The van der Waals surface area contributed by atoms with Gasteiger partial charge >= 0.3 is 0 Å². The van der Waals surface area contributed by atoms with Crippen molar-refractivity contribution in [1.82, 2.24) is 9.47 Å². The number of aromatic nitrogens is 1. The van der Waals surface area contributed by atoms with E-state index in [-0.39, 0.29) is 11.9 Å². The monoisotopic (exact) mass is 406 g/mol. The molecule has 1 amide bonds. The quantitative estimate of drug-likeness (QED) is 0.393. The fraction of sp³-hybridized carbons (Fsp3) is 0.304. The molecule has 1 saturated carbocycles. The average Bonchev–Trinajstić information content (AvgIpc) is 3.16. The highest BCUT2D eigenvalue weighted by molar-refractivity contribution is 8.26. The van der Waals surface area contributed by atoms with Crippen LogP contribution in [-0.4, -0.2) is 25.7 Å². The number of carbonyl (C=O) groups is 1. The largest absolute Gasteiger partial charge is 0.344 e. The zero-order valence-electron chi connectivity index (χ0n) is 15.9. The van der Waals surface area contributed by atoms with Gasteiger partial charge in [0.1, 0.15) is 4.32 Å². The number of rotatable bonds is 2. The first-order chi connectivity index (χ1) is 13.6. The minimum Gasteiger partial charge on any atom is -0.344 e. The summed E-state index contributed by atoms with van der Waals surface area (Å²) in [6.45, 7) is 0. The number of carbonyl (C=O) groups excluding carboxylic acids is 1.